The number of allylic oxidation sites excluding steroid dienone is 9. The lowest BCUT2D eigenvalue weighted by Crippen LogP contribution is -2.29. The fourth-order valence-corrected chi connectivity index (χ4v) is 6.11. The molecule has 2 unspecified atom stereocenters. The van der Waals surface area contributed by atoms with Crippen molar-refractivity contribution < 1.29 is 42.7 Å². The number of hydrogen-bond donors (Lipinski definition) is 3. The number of rotatable bonds is 38. The molecule has 0 saturated heterocycles. The molecule has 11 heteroatoms. The van der Waals surface area contributed by atoms with Gasteiger partial charge < -0.3 is 25.2 Å². The number of hydrogen-bond acceptors (Lipinski definition) is 9. The molecule has 0 aromatic heterocycles. The molecule has 3 atom stereocenters. The molecule has 0 bridgehead atoms. The van der Waals surface area contributed by atoms with Crippen molar-refractivity contribution in [2.24, 2.45) is 5.73 Å². The number of nitrogens with two attached hydrogens (primary N) is 1. The maximum Gasteiger partial charge on any atom is 0.472 e. The van der Waals surface area contributed by atoms with Crippen LogP contribution in [0.25, 0.3) is 0 Å². The quantitative estimate of drug-likeness (QED) is 0.0239. The van der Waals surface area contributed by atoms with Crippen LogP contribution in [0.4, 0.5) is 0 Å². The molecule has 0 heterocycles. The van der Waals surface area contributed by atoms with Gasteiger partial charge in [0.15, 0.2) is 6.10 Å². The van der Waals surface area contributed by atoms with E-state index in [-0.39, 0.29) is 38.7 Å². The van der Waals surface area contributed by atoms with E-state index in [1.807, 2.05) is 12.2 Å². The molecule has 312 valence electrons. The minimum atomic E-state index is -4.40. The average molecular weight is 782 g/mol. The molecule has 54 heavy (non-hydrogen) atoms. The summed E-state index contributed by atoms with van der Waals surface area (Å²) < 4.78 is 32.6. The zero-order valence-corrected chi connectivity index (χ0v) is 34.7. The van der Waals surface area contributed by atoms with Crippen LogP contribution in [0.5, 0.6) is 0 Å². The first kappa shape index (κ1) is 51.7. The minimum absolute atomic E-state index is 0.0373. The van der Waals surface area contributed by atoms with E-state index in [4.69, 9.17) is 24.3 Å². The summed E-state index contributed by atoms with van der Waals surface area (Å²) in [6.07, 6.45) is 41.7. The van der Waals surface area contributed by atoms with Crippen LogP contribution < -0.4 is 5.73 Å². The van der Waals surface area contributed by atoms with Crippen molar-refractivity contribution in [3.63, 3.8) is 0 Å². The van der Waals surface area contributed by atoms with Crippen LogP contribution in [-0.2, 0) is 32.7 Å². The average Bonchev–Trinajstić information content (AvgIpc) is 3.15. The summed E-state index contributed by atoms with van der Waals surface area (Å²) in [4.78, 5) is 34.8. The van der Waals surface area contributed by atoms with Gasteiger partial charge in [0, 0.05) is 19.4 Å². The number of esters is 2. The van der Waals surface area contributed by atoms with E-state index in [9.17, 15) is 24.2 Å². The topological polar surface area (TPSA) is 155 Å². The Kier molecular flexibility index (Phi) is 37.2. The van der Waals surface area contributed by atoms with Gasteiger partial charge in [0.2, 0.25) is 0 Å². The molecule has 10 nitrogen and oxygen atoms in total. The Morgan fingerprint density at radius 1 is 0.630 bits per heavy atom. The van der Waals surface area contributed by atoms with Gasteiger partial charge in [0.25, 0.3) is 0 Å². The lowest BCUT2D eigenvalue weighted by atomic mass is 10.1. The highest BCUT2D eigenvalue weighted by Gasteiger charge is 2.26. The smallest absolute Gasteiger partial charge is 0.462 e. The molecule has 0 aromatic carbocycles. The van der Waals surface area contributed by atoms with E-state index in [0.717, 1.165) is 57.8 Å². The lowest BCUT2D eigenvalue weighted by molar-refractivity contribution is -0.161. The first-order valence-electron chi connectivity index (χ1n) is 20.8. The minimum Gasteiger partial charge on any atom is -0.462 e. The summed E-state index contributed by atoms with van der Waals surface area (Å²) in [6.45, 7) is 3.42. The summed E-state index contributed by atoms with van der Waals surface area (Å²) in [7, 11) is -4.40. The van der Waals surface area contributed by atoms with Crippen molar-refractivity contribution >= 4 is 19.8 Å². The van der Waals surface area contributed by atoms with Gasteiger partial charge in [-0.3, -0.25) is 18.6 Å². The third-order valence-electron chi connectivity index (χ3n) is 8.43. The molecule has 0 saturated carbocycles. The third-order valence-corrected chi connectivity index (χ3v) is 9.42. The van der Waals surface area contributed by atoms with Crippen molar-refractivity contribution in [3.8, 4) is 0 Å². The first-order chi connectivity index (χ1) is 26.2. The van der Waals surface area contributed by atoms with Crippen LogP contribution >= 0.6 is 7.82 Å². The van der Waals surface area contributed by atoms with Crippen LogP contribution in [0.1, 0.15) is 162 Å². The van der Waals surface area contributed by atoms with Gasteiger partial charge in [-0.25, -0.2) is 4.57 Å². The predicted molar refractivity (Wildman–Crippen MR) is 221 cm³/mol. The summed E-state index contributed by atoms with van der Waals surface area (Å²) in [5.41, 5.74) is 5.33. The predicted octanol–water partition coefficient (Wildman–Crippen LogP) is 10.7. The molecule has 0 spiro atoms. The van der Waals surface area contributed by atoms with Gasteiger partial charge in [0.1, 0.15) is 6.61 Å². The van der Waals surface area contributed by atoms with Crippen LogP contribution in [0.3, 0.4) is 0 Å². The van der Waals surface area contributed by atoms with Gasteiger partial charge in [-0.1, -0.05) is 132 Å². The van der Waals surface area contributed by atoms with Gasteiger partial charge >= 0.3 is 19.8 Å². The van der Waals surface area contributed by atoms with Gasteiger partial charge in [-0.05, 0) is 77.0 Å². The van der Waals surface area contributed by atoms with E-state index >= 15 is 0 Å². The Labute approximate surface area is 328 Å². The van der Waals surface area contributed by atoms with Gasteiger partial charge in [0.05, 0.1) is 19.3 Å². The fraction of sp³-hybridized carbons (Fsp3) is 0.721. The molecule has 0 aromatic rings. The number of carbonyl (C=O) groups excluding carboxylic acids is 2. The summed E-state index contributed by atoms with van der Waals surface area (Å²) in [5, 5.41) is 9.72. The Morgan fingerprint density at radius 3 is 1.76 bits per heavy atom. The lowest BCUT2D eigenvalue weighted by Gasteiger charge is -2.19. The number of phosphoric ester groups is 1. The maximum atomic E-state index is 12.6. The molecule has 0 radical (unpaired) electrons. The fourth-order valence-electron chi connectivity index (χ4n) is 5.34. The number of aliphatic hydroxyl groups excluding tert-OH is 1. The van der Waals surface area contributed by atoms with Crippen LogP contribution in [0.15, 0.2) is 60.8 Å². The highest BCUT2D eigenvalue weighted by Crippen LogP contribution is 2.43. The van der Waals surface area contributed by atoms with E-state index in [1.165, 1.54) is 51.4 Å². The van der Waals surface area contributed by atoms with Gasteiger partial charge in [-0.15, -0.1) is 0 Å². The molecule has 0 amide bonds. The molecule has 0 fully saturated rings. The Bertz CT molecular complexity index is 1090. The molecule has 0 aliphatic rings. The third kappa shape index (κ3) is 38.0. The van der Waals surface area contributed by atoms with Crippen molar-refractivity contribution in [2.75, 3.05) is 26.4 Å². The zero-order valence-electron chi connectivity index (χ0n) is 33.8. The van der Waals surface area contributed by atoms with E-state index < -0.39 is 32.5 Å². The Balaban J connectivity index is 4.31. The van der Waals surface area contributed by atoms with E-state index in [2.05, 4.69) is 62.5 Å². The second-order valence-corrected chi connectivity index (χ2v) is 15.1. The molecule has 0 aliphatic heterocycles. The standard InChI is InChI=1S/C43H76NO9P/c1-3-5-6-7-8-9-10-11-12-15-19-22-25-28-31-35-43(47)53-41(39-52-54(48,49)51-37-36-44)38-50-42(46)34-30-27-24-21-18-16-13-14-17-20-23-26-29-33-40(45)32-4-2/h9-10,13,16-17,20-21,24,26,29,40-41,45H,3-8,11-12,14-15,18-19,22-23,25,27-28,30-39,44H2,1-2H3,(H,48,49)/b10-9-,16-13-,20-17-,24-21-,29-26-/t40?,41-/m1/s1. The van der Waals surface area contributed by atoms with Crippen molar-refractivity contribution in [1.29, 1.82) is 0 Å². The van der Waals surface area contributed by atoms with Crippen molar-refractivity contribution in [3.05, 3.63) is 60.8 Å². The first-order valence-corrected chi connectivity index (χ1v) is 22.3. The second kappa shape index (κ2) is 38.9. The summed E-state index contributed by atoms with van der Waals surface area (Å²) >= 11 is 0. The number of carbonyl (C=O) groups is 2. The molecule has 4 N–H and O–H groups in total. The summed E-state index contributed by atoms with van der Waals surface area (Å²) in [6, 6.07) is 0. The number of phosphoric acid groups is 1. The van der Waals surface area contributed by atoms with E-state index in [0.29, 0.717) is 25.7 Å². The molecular weight excluding hydrogens is 705 g/mol. The second-order valence-electron chi connectivity index (χ2n) is 13.7. The zero-order chi connectivity index (χ0) is 39.8. The van der Waals surface area contributed by atoms with Crippen molar-refractivity contribution in [2.45, 2.75) is 174 Å². The number of aliphatic hydroxyl groups is 1. The Morgan fingerprint density at radius 2 is 1.15 bits per heavy atom. The highest BCUT2D eigenvalue weighted by molar-refractivity contribution is 7.47. The van der Waals surface area contributed by atoms with Crippen LogP contribution in [0.2, 0.25) is 0 Å². The van der Waals surface area contributed by atoms with Crippen molar-refractivity contribution in [1.82, 2.24) is 0 Å². The monoisotopic (exact) mass is 782 g/mol. The normalized spacial score (nSPS) is 14.5. The molecule has 0 aliphatic carbocycles. The highest BCUT2D eigenvalue weighted by atomic mass is 31.2. The Hall–Kier alpha value is -2.33. The molecular formula is C43H76NO9P. The van der Waals surface area contributed by atoms with Gasteiger partial charge in [-0.2, -0.15) is 0 Å². The van der Waals surface area contributed by atoms with Crippen LogP contribution in [0, 0.1) is 0 Å². The number of unbranched alkanes of at least 4 members (excludes halogenated alkanes) is 12. The number of ether oxygens (including phenoxy) is 2. The maximum absolute atomic E-state index is 12.6. The SMILES string of the molecule is CCCCCC/C=C\CCCCCCCCCC(=O)O[C@H](COC(=O)CCC/C=C\C/C=C\C/C=C\C/C=C\CC(O)CCC)COP(=O)(O)OCCN. The van der Waals surface area contributed by atoms with E-state index in [1.54, 1.807) is 0 Å². The molecule has 0 rings (SSSR count). The summed E-state index contributed by atoms with van der Waals surface area (Å²) in [5.74, 6) is -0.924. The van der Waals surface area contributed by atoms with Crippen LogP contribution in [-0.4, -0.2) is 60.5 Å². The largest absolute Gasteiger partial charge is 0.472 e.